The van der Waals surface area contributed by atoms with Gasteiger partial charge in [0.1, 0.15) is 0 Å². The third-order valence-corrected chi connectivity index (χ3v) is 4.82. The van der Waals surface area contributed by atoms with E-state index in [4.69, 9.17) is 0 Å². The summed E-state index contributed by atoms with van der Waals surface area (Å²) in [5.41, 5.74) is 9.70. The van der Waals surface area contributed by atoms with Gasteiger partial charge in [-0.15, -0.1) is 0 Å². The standard InChI is InChI=1S/C19H28/c1-7-15-11-9-13(3)17(15)19(5,6)18-14(4)10-12-16(18)8-2/h11-12H,7-10H2,1-6H3. The van der Waals surface area contributed by atoms with Crippen molar-refractivity contribution in [3.05, 3.63) is 45.6 Å². The Morgan fingerprint density at radius 3 is 1.53 bits per heavy atom. The van der Waals surface area contributed by atoms with E-state index in [2.05, 4.69) is 53.7 Å². The average molecular weight is 256 g/mol. The molecule has 0 heteroatoms. The largest absolute Gasteiger partial charge is 0.0769 e. The molecule has 0 saturated carbocycles. The van der Waals surface area contributed by atoms with Crippen LogP contribution in [0.15, 0.2) is 45.6 Å². The van der Waals surface area contributed by atoms with E-state index in [1.165, 1.54) is 0 Å². The summed E-state index contributed by atoms with van der Waals surface area (Å²) in [6.07, 6.45) is 9.50. The topological polar surface area (TPSA) is 0 Å². The normalized spacial score (nSPS) is 20.3. The monoisotopic (exact) mass is 256 g/mol. The molecule has 2 rings (SSSR count). The fourth-order valence-corrected chi connectivity index (χ4v) is 4.15. The van der Waals surface area contributed by atoms with Crippen LogP contribution in [0, 0.1) is 5.41 Å². The Morgan fingerprint density at radius 2 is 1.21 bits per heavy atom. The Balaban J connectivity index is 2.49. The predicted molar refractivity (Wildman–Crippen MR) is 85.2 cm³/mol. The van der Waals surface area contributed by atoms with Crippen molar-refractivity contribution in [2.75, 3.05) is 0 Å². The van der Waals surface area contributed by atoms with E-state index < -0.39 is 0 Å². The molecule has 2 aliphatic rings. The van der Waals surface area contributed by atoms with Crippen molar-refractivity contribution in [3.63, 3.8) is 0 Å². The molecule has 0 radical (unpaired) electrons. The second-order valence-corrected chi connectivity index (χ2v) is 6.51. The molecule has 0 unspecified atom stereocenters. The van der Waals surface area contributed by atoms with Crippen molar-refractivity contribution >= 4 is 0 Å². The Bertz CT molecular complexity index is 458. The molecule has 0 aromatic heterocycles. The zero-order chi connectivity index (χ0) is 14.2. The van der Waals surface area contributed by atoms with E-state index in [0.717, 1.165) is 25.7 Å². The predicted octanol–water partition coefficient (Wildman–Crippen LogP) is 6.13. The summed E-state index contributed by atoms with van der Waals surface area (Å²) in [5.74, 6) is 0. The molecule has 0 amide bonds. The van der Waals surface area contributed by atoms with Gasteiger partial charge in [0.25, 0.3) is 0 Å². The van der Waals surface area contributed by atoms with E-state index in [0.29, 0.717) is 0 Å². The molecular weight excluding hydrogens is 228 g/mol. The second-order valence-electron chi connectivity index (χ2n) is 6.51. The Kier molecular flexibility index (Phi) is 3.90. The Labute approximate surface area is 119 Å². The molecule has 0 atom stereocenters. The van der Waals surface area contributed by atoms with Crippen LogP contribution < -0.4 is 0 Å². The molecule has 0 saturated heterocycles. The van der Waals surface area contributed by atoms with Crippen molar-refractivity contribution < 1.29 is 0 Å². The molecule has 0 spiro atoms. The second kappa shape index (κ2) is 5.15. The highest BCUT2D eigenvalue weighted by atomic mass is 14.4. The molecule has 0 aliphatic heterocycles. The van der Waals surface area contributed by atoms with E-state index in [-0.39, 0.29) is 5.41 Å². The summed E-state index contributed by atoms with van der Waals surface area (Å²) < 4.78 is 0. The van der Waals surface area contributed by atoms with Crippen molar-refractivity contribution in [3.8, 4) is 0 Å². The zero-order valence-corrected chi connectivity index (χ0v) is 13.5. The minimum absolute atomic E-state index is 0.171. The van der Waals surface area contributed by atoms with Gasteiger partial charge in [-0.3, -0.25) is 0 Å². The van der Waals surface area contributed by atoms with Gasteiger partial charge in [-0.05, 0) is 61.8 Å². The van der Waals surface area contributed by atoms with E-state index in [1.807, 2.05) is 0 Å². The minimum Gasteiger partial charge on any atom is -0.0769 e. The van der Waals surface area contributed by atoms with Crippen molar-refractivity contribution in [1.29, 1.82) is 0 Å². The molecule has 0 heterocycles. The van der Waals surface area contributed by atoms with Gasteiger partial charge in [0.2, 0.25) is 0 Å². The molecular formula is C19H28. The Hall–Kier alpha value is -1.04. The molecule has 19 heavy (non-hydrogen) atoms. The molecule has 0 nitrogen and oxygen atoms in total. The lowest BCUT2D eigenvalue weighted by Gasteiger charge is -2.34. The SMILES string of the molecule is CCC1=CCC(C)=C1C(C)(C)C1=C(C)CC=C1CC. The first-order valence-electron chi connectivity index (χ1n) is 7.72. The van der Waals surface area contributed by atoms with Crippen molar-refractivity contribution in [1.82, 2.24) is 0 Å². The quantitative estimate of drug-likeness (QED) is 0.568. The van der Waals surface area contributed by atoms with E-state index >= 15 is 0 Å². The first-order valence-corrected chi connectivity index (χ1v) is 7.72. The first kappa shape index (κ1) is 14.4. The maximum absolute atomic E-state index is 2.44. The van der Waals surface area contributed by atoms with Gasteiger partial charge in [-0.2, -0.15) is 0 Å². The summed E-state index contributed by atoms with van der Waals surface area (Å²) in [6, 6.07) is 0. The van der Waals surface area contributed by atoms with Gasteiger partial charge >= 0.3 is 0 Å². The van der Waals surface area contributed by atoms with Crippen molar-refractivity contribution in [2.45, 2.75) is 67.2 Å². The summed E-state index contributed by atoms with van der Waals surface area (Å²) in [4.78, 5) is 0. The van der Waals surface area contributed by atoms with Gasteiger partial charge in [-0.1, -0.05) is 51.0 Å². The number of allylic oxidation sites excluding steroid dienone is 8. The van der Waals surface area contributed by atoms with Crippen molar-refractivity contribution in [2.24, 2.45) is 5.41 Å². The summed E-state index contributed by atoms with van der Waals surface area (Å²) >= 11 is 0. The lowest BCUT2D eigenvalue weighted by atomic mass is 9.70. The molecule has 0 aromatic carbocycles. The van der Waals surface area contributed by atoms with Crippen LogP contribution in [0.4, 0.5) is 0 Å². The van der Waals surface area contributed by atoms with Gasteiger partial charge in [0, 0.05) is 5.41 Å². The van der Waals surface area contributed by atoms with Gasteiger partial charge < -0.3 is 0 Å². The molecule has 0 bridgehead atoms. The highest BCUT2D eigenvalue weighted by molar-refractivity contribution is 5.56. The number of hydrogen-bond acceptors (Lipinski definition) is 0. The number of rotatable bonds is 4. The third-order valence-electron chi connectivity index (χ3n) is 4.82. The van der Waals surface area contributed by atoms with E-state index in [9.17, 15) is 0 Å². The van der Waals surface area contributed by atoms with Crippen LogP contribution in [-0.4, -0.2) is 0 Å². The number of hydrogen-bond donors (Lipinski definition) is 0. The first-order chi connectivity index (χ1) is 8.93. The Morgan fingerprint density at radius 1 is 0.842 bits per heavy atom. The minimum atomic E-state index is 0.171. The fourth-order valence-electron chi connectivity index (χ4n) is 4.15. The lowest BCUT2D eigenvalue weighted by Crippen LogP contribution is -2.21. The zero-order valence-electron chi connectivity index (χ0n) is 13.5. The van der Waals surface area contributed by atoms with Crippen LogP contribution in [0.3, 0.4) is 0 Å². The van der Waals surface area contributed by atoms with Gasteiger partial charge in [-0.25, -0.2) is 0 Å². The maximum atomic E-state index is 2.44. The molecule has 0 fully saturated rings. The van der Waals surface area contributed by atoms with Crippen LogP contribution >= 0.6 is 0 Å². The van der Waals surface area contributed by atoms with Crippen LogP contribution in [0.2, 0.25) is 0 Å². The smallest absolute Gasteiger partial charge is 0.0150 e. The molecule has 2 aliphatic carbocycles. The highest BCUT2D eigenvalue weighted by Crippen LogP contribution is 2.50. The lowest BCUT2D eigenvalue weighted by molar-refractivity contribution is 0.539. The third kappa shape index (κ3) is 2.26. The van der Waals surface area contributed by atoms with Crippen LogP contribution in [-0.2, 0) is 0 Å². The maximum Gasteiger partial charge on any atom is 0.0150 e. The molecule has 104 valence electrons. The van der Waals surface area contributed by atoms with Crippen LogP contribution in [0.25, 0.3) is 0 Å². The fraction of sp³-hybridized carbons (Fsp3) is 0.579. The van der Waals surface area contributed by atoms with Gasteiger partial charge in [0.15, 0.2) is 0 Å². The van der Waals surface area contributed by atoms with E-state index in [1.54, 1.807) is 33.4 Å². The summed E-state index contributed by atoms with van der Waals surface area (Å²) in [7, 11) is 0. The van der Waals surface area contributed by atoms with Crippen LogP contribution in [0.5, 0.6) is 0 Å². The van der Waals surface area contributed by atoms with Gasteiger partial charge in [0.05, 0.1) is 0 Å². The summed E-state index contributed by atoms with van der Waals surface area (Å²) in [5, 5.41) is 0. The average Bonchev–Trinajstić information content (AvgIpc) is 2.92. The van der Waals surface area contributed by atoms with Crippen LogP contribution in [0.1, 0.15) is 67.2 Å². The highest BCUT2D eigenvalue weighted by Gasteiger charge is 2.36. The molecule has 0 aromatic rings. The molecule has 0 N–H and O–H groups in total. The summed E-state index contributed by atoms with van der Waals surface area (Å²) in [6.45, 7) is 14.1.